The molecule has 166 valence electrons. The van der Waals surface area contributed by atoms with Gasteiger partial charge in [0, 0.05) is 17.0 Å². The third kappa shape index (κ3) is 3.10. The smallest absolute Gasteiger partial charge is 0.294 e. The highest BCUT2D eigenvalue weighted by Crippen LogP contribution is 2.36. The van der Waals surface area contributed by atoms with Crippen molar-refractivity contribution in [3.05, 3.63) is 103 Å². The minimum Gasteiger partial charge on any atom is -0.437 e. The van der Waals surface area contributed by atoms with E-state index >= 15 is 0 Å². The van der Waals surface area contributed by atoms with Crippen molar-refractivity contribution in [3.8, 4) is 28.2 Å². The number of aromatic nitrogens is 3. The molecule has 6 rings (SSSR count). The van der Waals surface area contributed by atoms with Gasteiger partial charge in [0.1, 0.15) is 29.5 Å². The molecule has 0 spiro atoms. The van der Waals surface area contributed by atoms with Gasteiger partial charge >= 0.3 is 0 Å². The average molecular weight is 452 g/mol. The normalized spacial score (nSPS) is 11.5. The SMILES string of the molecule is Cc1cc2c(cc1-c1n(-c3ccccc3-c3ccccc3)cc[n+]1C)oc1nc(F)cc(F)c12. The second kappa shape index (κ2) is 7.63. The Kier molecular flexibility index (Phi) is 4.55. The van der Waals surface area contributed by atoms with E-state index in [2.05, 4.69) is 33.8 Å². The van der Waals surface area contributed by atoms with E-state index in [1.54, 1.807) is 0 Å². The van der Waals surface area contributed by atoms with Gasteiger partial charge in [-0.15, -0.1) is 0 Å². The van der Waals surface area contributed by atoms with E-state index in [9.17, 15) is 8.78 Å². The number of nitrogens with zero attached hydrogens (tertiary/aromatic N) is 3. The van der Waals surface area contributed by atoms with Crippen molar-refractivity contribution >= 4 is 22.1 Å². The largest absolute Gasteiger partial charge is 0.437 e. The van der Waals surface area contributed by atoms with Gasteiger partial charge in [-0.2, -0.15) is 13.9 Å². The quantitative estimate of drug-likeness (QED) is 0.226. The Balaban J connectivity index is 1.60. The third-order valence-corrected chi connectivity index (χ3v) is 6.20. The third-order valence-electron chi connectivity index (χ3n) is 6.20. The Hall–Kier alpha value is -4.32. The lowest BCUT2D eigenvalue weighted by atomic mass is 10.0. The standard InChI is InChI=1S/C28H20F2N3O/c1-17-14-21-24(34-27-26(21)22(29)16-25(30)31-27)15-20(17)28-32(2)12-13-33(28)23-11-7-6-10-19(23)18-8-4-3-5-9-18/h3-16H,1-2H3/q+1. The van der Waals surface area contributed by atoms with Crippen molar-refractivity contribution in [3.63, 3.8) is 0 Å². The van der Waals surface area contributed by atoms with Gasteiger partial charge in [-0.25, -0.2) is 8.96 Å². The van der Waals surface area contributed by atoms with Gasteiger partial charge in [0.05, 0.1) is 18.0 Å². The fraction of sp³-hybridized carbons (Fsp3) is 0.0714. The predicted molar refractivity (Wildman–Crippen MR) is 128 cm³/mol. The van der Waals surface area contributed by atoms with Crippen molar-refractivity contribution in [1.29, 1.82) is 0 Å². The van der Waals surface area contributed by atoms with Gasteiger partial charge < -0.3 is 4.42 Å². The van der Waals surface area contributed by atoms with Crippen LogP contribution in [-0.4, -0.2) is 9.55 Å². The van der Waals surface area contributed by atoms with Crippen LogP contribution < -0.4 is 4.57 Å². The number of fused-ring (bicyclic) bond motifs is 3. The Labute approximate surface area is 194 Å². The van der Waals surface area contributed by atoms with E-state index in [1.165, 1.54) is 0 Å². The number of hydrogen-bond donors (Lipinski definition) is 0. The molecule has 0 unspecified atom stereocenters. The second-order valence-corrected chi connectivity index (χ2v) is 8.36. The lowest BCUT2D eigenvalue weighted by Gasteiger charge is -2.10. The molecule has 0 atom stereocenters. The molecule has 3 aromatic heterocycles. The summed E-state index contributed by atoms with van der Waals surface area (Å²) in [7, 11) is 1.98. The molecule has 0 aliphatic carbocycles. The molecule has 0 aliphatic rings. The number of pyridine rings is 1. The van der Waals surface area contributed by atoms with Crippen molar-refractivity contribution in [1.82, 2.24) is 9.55 Å². The van der Waals surface area contributed by atoms with Crippen LogP contribution in [0.25, 0.3) is 50.3 Å². The number of furan rings is 1. The van der Waals surface area contributed by atoms with Crippen molar-refractivity contribution in [2.75, 3.05) is 0 Å². The topological polar surface area (TPSA) is 34.8 Å². The molecule has 0 N–H and O–H groups in total. The lowest BCUT2D eigenvalue weighted by molar-refractivity contribution is -0.659. The van der Waals surface area contributed by atoms with Crippen LogP contribution in [0.5, 0.6) is 0 Å². The van der Waals surface area contributed by atoms with Gasteiger partial charge in [0.25, 0.3) is 5.82 Å². The first kappa shape index (κ1) is 20.3. The molecular formula is C28H20F2N3O+. The van der Waals surface area contributed by atoms with Crippen molar-refractivity contribution in [2.24, 2.45) is 7.05 Å². The Morgan fingerprint density at radius 1 is 0.912 bits per heavy atom. The van der Waals surface area contributed by atoms with Gasteiger partial charge in [-0.3, -0.25) is 0 Å². The number of para-hydroxylation sites is 1. The summed E-state index contributed by atoms with van der Waals surface area (Å²) in [5.74, 6) is -0.652. The molecule has 0 aliphatic heterocycles. The highest BCUT2D eigenvalue weighted by Gasteiger charge is 2.25. The minimum atomic E-state index is -0.904. The van der Waals surface area contributed by atoms with Gasteiger partial charge in [-0.05, 0) is 36.2 Å². The summed E-state index contributed by atoms with van der Waals surface area (Å²) in [5, 5.41) is 0.770. The molecule has 6 heteroatoms. The molecule has 6 aromatic rings. The summed E-state index contributed by atoms with van der Waals surface area (Å²) < 4.78 is 38.1. The molecular weight excluding hydrogens is 432 g/mol. The van der Waals surface area contributed by atoms with Crippen molar-refractivity contribution in [2.45, 2.75) is 6.92 Å². The maximum absolute atomic E-state index is 14.5. The van der Waals surface area contributed by atoms with Crippen LogP contribution in [0.15, 0.2) is 89.6 Å². The number of halogens is 2. The first-order valence-electron chi connectivity index (χ1n) is 10.9. The van der Waals surface area contributed by atoms with E-state index in [1.807, 2.05) is 73.4 Å². The van der Waals surface area contributed by atoms with Crippen LogP contribution in [0.4, 0.5) is 8.78 Å². The van der Waals surface area contributed by atoms with Gasteiger partial charge in [-0.1, -0.05) is 48.5 Å². The summed E-state index contributed by atoms with van der Waals surface area (Å²) in [4.78, 5) is 3.74. The molecule has 0 amide bonds. The van der Waals surface area contributed by atoms with E-state index in [-0.39, 0.29) is 11.1 Å². The zero-order valence-corrected chi connectivity index (χ0v) is 18.6. The zero-order chi connectivity index (χ0) is 23.4. The molecule has 3 heterocycles. The molecule has 34 heavy (non-hydrogen) atoms. The Bertz CT molecular complexity index is 1700. The van der Waals surface area contributed by atoms with Crippen molar-refractivity contribution < 1.29 is 17.8 Å². The number of hydrogen-bond acceptors (Lipinski definition) is 2. The molecule has 4 nitrogen and oxygen atoms in total. The highest BCUT2D eigenvalue weighted by molar-refractivity contribution is 6.05. The Morgan fingerprint density at radius 3 is 2.50 bits per heavy atom. The summed E-state index contributed by atoms with van der Waals surface area (Å²) in [5.41, 5.74) is 5.52. The van der Waals surface area contributed by atoms with E-state index < -0.39 is 11.8 Å². The maximum Gasteiger partial charge on any atom is 0.294 e. The molecule has 0 saturated carbocycles. The van der Waals surface area contributed by atoms with Gasteiger partial charge in [0.15, 0.2) is 0 Å². The van der Waals surface area contributed by atoms with E-state index in [0.29, 0.717) is 11.0 Å². The summed E-state index contributed by atoms with van der Waals surface area (Å²) in [6, 6.07) is 23.0. The first-order valence-corrected chi connectivity index (χ1v) is 10.9. The lowest BCUT2D eigenvalue weighted by Crippen LogP contribution is -2.29. The Morgan fingerprint density at radius 2 is 1.68 bits per heavy atom. The summed E-state index contributed by atoms with van der Waals surface area (Å²) in [6.45, 7) is 1.98. The van der Waals surface area contributed by atoms with Gasteiger partial charge in [0.2, 0.25) is 11.7 Å². The van der Waals surface area contributed by atoms with Crippen LogP contribution in [0.1, 0.15) is 5.56 Å². The fourth-order valence-corrected chi connectivity index (χ4v) is 4.63. The van der Waals surface area contributed by atoms with Crippen LogP contribution >= 0.6 is 0 Å². The number of imidazole rings is 1. The van der Waals surface area contributed by atoms with Crippen LogP contribution in [0, 0.1) is 18.7 Å². The average Bonchev–Trinajstić information content (AvgIpc) is 3.38. The fourth-order valence-electron chi connectivity index (χ4n) is 4.63. The molecule has 0 radical (unpaired) electrons. The first-order chi connectivity index (χ1) is 16.5. The van der Waals surface area contributed by atoms with E-state index in [0.717, 1.165) is 39.8 Å². The molecule has 0 saturated heterocycles. The summed E-state index contributed by atoms with van der Waals surface area (Å²) in [6.07, 6.45) is 4.02. The zero-order valence-electron chi connectivity index (χ0n) is 18.6. The summed E-state index contributed by atoms with van der Waals surface area (Å²) >= 11 is 0. The maximum atomic E-state index is 14.5. The number of rotatable bonds is 3. The predicted octanol–water partition coefficient (Wildman–Crippen LogP) is 6.52. The van der Waals surface area contributed by atoms with E-state index in [4.69, 9.17) is 4.42 Å². The molecule has 3 aromatic carbocycles. The monoisotopic (exact) mass is 452 g/mol. The van der Waals surface area contributed by atoms with Crippen LogP contribution in [-0.2, 0) is 7.05 Å². The highest BCUT2D eigenvalue weighted by atomic mass is 19.1. The van der Waals surface area contributed by atoms with Crippen LogP contribution in [0.3, 0.4) is 0 Å². The number of aryl methyl sites for hydroxylation is 2. The minimum absolute atomic E-state index is 0.0433. The second-order valence-electron chi connectivity index (χ2n) is 8.36. The number of benzene rings is 3. The van der Waals surface area contributed by atoms with Crippen LogP contribution in [0.2, 0.25) is 0 Å². The molecule has 0 fully saturated rings. The molecule has 0 bridgehead atoms.